The summed E-state index contributed by atoms with van der Waals surface area (Å²) in [6, 6.07) is 4.92. The van der Waals surface area contributed by atoms with Crippen molar-refractivity contribution in [2.75, 3.05) is 13.1 Å². The normalized spacial score (nSPS) is 29.8. The number of sulfonamides is 1. The third kappa shape index (κ3) is 2.44. The summed E-state index contributed by atoms with van der Waals surface area (Å²) in [5.74, 6) is 0.571. The van der Waals surface area contributed by atoms with E-state index in [1.165, 1.54) is 16.6 Å². The fourth-order valence-corrected chi connectivity index (χ4v) is 5.12. The lowest BCUT2D eigenvalue weighted by Gasteiger charge is -2.29. The van der Waals surface area contributed by atoms with Crippen LogP contribution in [0.4, 0.5) is 0 Å². The van der Waals surface area contributed by atoms with Gasteiger partial charge in [0.05, 0.1) is 0 Å². The highest BCUT2D eigenvalue weighted by Gasteiger charge is 2.43. The molecule has 1 aromatic heterocycles. The standard InChI is InChI=1S/C14H18N4O2S/c15-7-13-14(5-2-6-17-13)21(19,20)18-8-10-3-1-4-12(16)11(10)9-18/h2,5-6,10-12H,1,3-4,8-9,16H2. The number of nitrogens with two attached hydrogens (primary N) is 1. The lowest BCUT2D eigenvalue weighted by Crippen LogP contribution is -2.38. The second kappa shape index (κ2) is 5.37. The molecule has 0 aromatic carbocycles. The Bertz CT molecular complexity index is 682. The number of nitrogens with zero attached hydrogens (tertiary/aromatic N) is 3. The van der Waals surface area contributed by atoms with E-state index < -0.39 is 10.0 Å². The number of rotatable bonds is 2. The van der Waals surface area contributed by atoms with Gasteiger partial charge in [0.15, 0.2) is 5.69 Å². The van der Waals surface area contributed by atoms with E-state index >= 15 is 0 Å². The van der Waals surface area contributed by atoms with Crippen molar-refractivity contribution in [1.29, 1.82) is 5.26 Å². The van der Waals surface area contributed by atoms with Crippen LogP contribution < -0.4 is 5.73 Å². The van der Waals surface area contributed by atoms with Gasteiger partial charge >= 0.3 is 0 Å². The van der Waals surface area contributed by atoms with Gasteiger partial charge in [0.25, 0.3) is 0 Å². The Morgan fingerprint density at radius 3 is 2.90 bits per heavy atom. The Labute approximate surface area is 124 Å². The molecule has 0 spiro atoms. The SMILES string of the molecule is N#Cc1ncccc1S(=O)(=O)N1CC2CCCC(N)C2C1. The van der Waals surface area contributed by atoms with Gasteiger partial charge in [0.2, 0.25) is 10.0 Å². The molecule has 112 valence electrons. The molecule has 1 saturated carbocycles. The zero-order chi connectivity index (χ0) is 15.0. The fraction of sp³-hybridized carbons (Fsp3) is 0.571. The van der Waals surface area contributed by atoms with Crippen LogP contribution in [-0.2, 0) is 10.0 Å². The maximum Gasteiger partial charge on any atom is 0.245 e. The van der Waals surface area contributed by atoms with Crippen molar-refractivity contribution in [3.8, 4) is 6.07 Å². The van der Waals surface area contributed by atoms with E-state index in [0.29, 0.717) is 19.0 Å². The summed E-state index contributed by atoms with van der Waals surface area (Å²) < 4.78 is 27.0. The molecule has 0 bridgehead atoms. The quantitative estimate of drug-likeness (QED) is 0.867. The van der Waals surface area contributed by atoms with Gasteiger partial charge in [0, 0.05) is 25.3 Å². The van der Waals surface area contributed by atoms with E-state index in [0.717, 1.165) is 19.3 Å². The molecule has 7 heteroatoms. The smallest absolute Gasteiger partial charge is 0.245 e. The van der Waals surface area contributed by atoms with Crippen LogP contribution in [0.1, 0.15) is 25.0 Å². The first kappa shape index (κ1) is 14.4. The van der Waals surface area contributed by atoms with Crippen molar-refractivity contribution in [1.82, 2.24) is 9.29 Å². The number of nitriles is 1. The van der Waals surface area contributed by atoms with Crippen LogP contribution >= 0.6 is 0 Å². The summed E-state index contributed by atoms with van der Waals surface area (Å²) in [6.07, 6.45) is 4.48. The second-order valence-electron chi connectivity index (χ2n) is 5.80. The van der Waals surface area contributed by atoms with Gasteiger partial charge in [-0.1, -0.05) is 6.42 Å². The highest BCUT2D eigenvalue weighted by atomic mass is 32.2. The van der Waals surface area contributed by atoms with E-state index in [2.05, 4.69) is 4.98 Å². The Balaban J connectivity index is 1.92. The van der Waals surface area contributed by atoms with Crippen LogP contribution in [0, 0.1) is 23.2 Å². The summed E-state index contributed by atoms with van der Waals surface area (Å²) in [7, 11) is -3.67. The van der Waals surface area contributed by atoms with Crippen LogP contribution in [-0.4, -0.2) is 36.8 Å². The number of hydrogen-bond acceptors (Lipinski definition) is 5. The van der Waals surface area contributed by atoms with Crippen LogP contribution in [0.2, 0.25) is 0 Å². The Kier molecular flexibility index (Phi) is 3.69. The van der Waals surface area contributed by atoms with Gasteiger partial charge in [-0.2, -0.15) is 9.57 Å². The zero-order valence-corrected chi connectivity index (χ0v) is 12.5. The van der Waals surface area contributed by atoms with Crippen molar-refractivity contribution >= 4 is 10.0 Å². The van der Waals surface area contributed by atoms with Gasteiger partial charge in [-0.15, -0.1) is 0 Å². The van der Waals surface area contributed by atoms with Gasteiger partial charge in [-0.3, -0.25) is 0 Å². The molecule has 1 saturated heterocycles. The summed E-state index contributed by atoms with van der Waals surface area (Å²) in [5, 5.41) is 9.06. The first-order chi connectivity index (χ1) is 10.0. The molecule has 0 amide bonds. The Morgan fingerprint density at radius 2 is 2.19 bits per heavy atom. The maximum absolute atomic E-state index is 12.8. The molecule has 6 nitrogen and oxygen atoms in total. The molecule has 0 radical (unpaired) electrons. The van der Waals surface area contributed by atoms with E-state index in [1.807, 2.05) is 6.07 Å². The number of aromatic nitrogens is 1. The highest BCUT2D eigenvalue weighted by Crippen LogP contribution is 2.37. The summed E-state index contributed by atoms with van der Waals surface area (Å²) >= 11 is 0. The lowest BCUT2D eigenvalue weighted by atomic mass is 9.78. The van der Waals surface area contributed by atoms with E-state index in [4.69, 9.17) is 11.0 Å². The number of fused-ring (bicyclic) bond motifs is 1. The Morgan fingerprint density at radius 1 is 1.38 bits per heavy atom. The van der Waals surface area contributed by atoms with Gasteiger partial charge in [0.1, 0.15) is 11.0 Å². The van der Waals surface area contributed by atoms with E-state index in [-0.39, 0.29) is 22.5 Å². The van der Waals surface area contributed by atoms with E-state index in [9.17, 15) is 8.42 Å². The van der Waals surface area contributed by atoms with Crippen LogP contribution in [0.3, 0.4) is 0 Å². The number of hydrogen-bond donors (Lipinski definition) is 1. The first-order valence-electron chi connectivity index (χ1n) is 7.15. The summed E-state index contributed by atoms with van der Waals surface area (Å²) in [5.41, 5.74) is 6.09. The minimum Gasteiger partial charge on any atom is -0.327 e. The van der Waals surface area contributed by atoms with Gasteiger partial charge in [-0.25, -0.2) is 13.4 Å². The molecule has 3 atom stereocenters. The minimum absolute atomic E-state index is 0.000261. The average molecular weight is 306 g/mol. The van der Waals surface area contributed by atoms with Crippen molar-refractivity contribution in [3.63, 3.8) is 0 Å². The zero-order valence-electron chi connectivity index (χ0n) is 11.6. The second-order valence-corrected chi connectivity index (χ2v) is 7.71. The molecule has 1 aromatic rings. The maximum atomic E-state index is 12.8. The topological polar surface area (TPSA) is 100 Å². The third-order valence-electron chi connectivity index (χ3n) is 4.61. The summed E-state index contributed by atoms with van der Waals surface area (Å²) in [4.78, 5) is 3.85. The molecular weight excluding hydrogens is 288 g/mol. The summed E-state index contributed by atoms with van der Waals surface area (Å²) in [6.45, 7) is 0.953. The van der Waals surface area contributed by atoms with Crippen molar-refractivity contribution in [2.24, 2.45) is 17.6 Å². The van der Waals surface area contributed by atoms with Gasteiger partial charge < -0.3 is 5.73 Å². The molecule has 1 aliphatic carbocycles. The van der Waals surface area contributed by atoms with Crippen LogP contribution in [0.25, 0.3) is 0 Å². The molecule has 2 heterocycles. The molecule has 1 aliphatic heterocycles. The van der Waals surface area contributed by atoms with E-state index in [1.54, 1.807) is 6.07 Å². The predicted octanol–water partition coefficient (Wildman–Crippen LogP) is 0.701. The van der Waals surface area contributed by atoms with Crippen molar-refractivity contribution < 1.29 is 8.42 Å². The molecule has 21 heavy (non-hydrogen) atoms. The molecule has 3 unspecified atom stereocenters. The molecule has 3 rings (SSSR count). The predicted molar refractivity (Wildman–Crippen MR) is 76.5 cm³/mol. The van der Waals surface area contributed by atoms with Crippen molar-refractivity contribution in [3.05, 3.63) is 24.0 Å². The van der Waals surface area contributed by atoms with Crippen LogP contribution in [0.15, 0.2) is 23.2 Å². The Hall–Kier alpha value is -1.49. The van der Waals surface area contributed by atoms with Crippen molar-refractivity contribution in [2.45, 2.75) is 30.2 Å². The molecule has 2 fully saturated rings. The monoisotopic (exact) mass is 306 g/mol. The molecule has 2 N–H and O–H groups in total. The minimum atomic E-state index is -3.67. The third-order valence-corrected chi connectivity index (χ3v) is 6.48. The van der Waals surface area contributed by atoms with Crippen LogP contribution in [0.5, 0.6) is 0 Å². The first-order valence-corrected chi connectivity index (χ1v) is 8.59. The fourth-order valence-electron chi connectivity index (χ4n) is 3.49. The lowest BCUT2D eigenvalue weighted by molar-refractivity contribution is 0.260. The molecule has 2 aliphatic rings. The van der Waals surface area contributed by atoms with Gasteiger partial charge in [-0.05, 0) is 36.8 Å². The highest BCUT2D eigenvalue weighted by molar-refractivity contribution is 7.89. The number of pyridine rings is 1. The molecular formula is C14H18N4O2S. The average Bonchev–Trinajstić information content (AvgIpc) is 2.93. The largest absolute Gasteiger partial charge is 0.327 e.